The molecule has 0 saturated heterocycles. The highest BCUT2D eigenvalue weighted by molar-refractivity contribution is 7.75. The molecule has 0 heterocycles. The first kappa shape index (κ1) is 9.58. The zero-order chi connectivity index (χ0) is 6.95. The van der Waals surface area contributed by atoms with E-state index in [2.05, 4.69) is 39.5 Å². The van der Waals surface area contributed by atoms with Crippen molar-refractivity contribution >= 4 is 25.8 Å². The molecule has 0 aromatic carbocycles. The van der Waals surface area contributed by atoms with Crippen LogP contribution in [0.15, 0.2) is 0 Å². The van der Waals surface area contributed by atoms with Crippen LogP contribution in [-0.4, -0.2) is 26.3 Å². The molecule has 0 atom stereocenters. The fourth-order valence-corrected chi connectivity index (χ4v) is 0.543. The molecule has 0 radical (unpaired) electrons. The quantitative estimate of drug-likeness (QED) is 0.303. The Labute approximate surface area is 66.3 Å². The van der Waals surface area contributed by atoms with Gasteiger partial charge in [-0.25, -0.2) is 0 Å². The van der Waals surface area contributed by atoms with Crippen LogP contribution in [0.3, 0.4) is 0 Å². The zero-order valence-electron chi connectivity index (χ0n) is 5.04. The van der Waals surface area contributed by atoms with E-state index in [4.69, 9.17) is 0 Å². The molecule has 9 heavy (non-hydrogen) atoms. The Bertz CT molecular complexity index is 49.8. The molecule has 0 amide bonds. The second kappa shape index (κ2) is 8.58. The summed E-state index contributed by atoms with van der Waals surface area (Å²) in [5.74, 6) is 0. The van der Waals surface area contributed by atoms with Gasteiger partial charge in [0.15, 0.2) is 0 Å². The van der Waals surface area contributed by atoms with Gasteiger partial charge in [-0.15, -0.1) is 0 Å². The fourth-order valence-electron chi connectivity index (χ4n) is 0.361. The molecule has 0 aliphatic rings. The molecular formula is C4H11NO2S2. The van der Waals surface area contributed by atoms with Crippen molar-refractivity contribution in [1.29, 1.82) is 0 Å². The average molecular weight is 169 g/mol. The van der Waals surface area contributed by atoms with Crippen LogP contribution in [0.1, 0.15) is 0 Å². The Morgan fingerprint density at radius 2 is 1.44 bits per heavy atom. The Morgan fingerprint density at radius 1 is 1.00 bits per heavy atom. The highest BCUT2D eigenvalue weighted by atomic mass is 32.1. The van der Waals surface area contributed by atoms with Gasteiger partial charge < -0.3 is 13.7 Å². The largest absolute Gasteiger partial charge is 0.317 e. The first-order valence-electron chi connectivity index (χ1n) is 2.65. The molecule has 0 aliphatic heterocycles. The van der Waals surface area contributed by atoms with E-state index in [9.17, 15) is 0 Å². The summed E-state index contributed by atoms with van der Waals surface area (Å²) < 4.78 is 8.99. The van der Waals surface area contributed by atoms with Crippen molar-refractivity contribution in [3.63, 3.8) is 0 Å². The van der Waals surface area contributed by atoms with Gasteiger partial charge in [0, 0.05) is 13.1 Å². The maximum Gasteiger partial charge on any atom is 0.0735 e. The van der Waals surface area contributed by atoms with E-state index >= 15 is 0 Å². The maximum absolute atomic E-state index is 4.49. The topological polar surface area (TPSA) is 30.5 Å². The Morgan fingerprint density at radius 3 is 1.78 bits per heavy atom. The summed E-state index contributed by atoms with van der Waals surface area (Å²) in [6.07, 6.45) is 0. The highest BCUT2D eigenvalue weighted by Gasteiger charge is 1.84. The van der Waals surface area contributed by atoms with Crippen molar-refractivity contribution in [2.75, 3.05) is 26.3 Å². The number of nitrogens with one attached hydrogen (secondary N) is 1. The van der Waals surface area contributed by atoms with Crippen LogP contribution in [0.4, 0.5) is 0 Å². The molecule has 3 nitrogen and oxygen atoms in total. The van der Waals surface area contributed by atoms with E-state index in [0.29, 0.717) is 13.2 Å². The number of thiol groups is 2. The van der Waals surface area contributed by atoms with Crippen molar-refractivity contribution in [2.24, 2.45) is 0 Å². The lowest BCUT2D eigenvalue weighted by Gasteiger charge is -1.99. The average Bonchev–Trinajstić information content (AvgIpc) is 1.89. The van der Waals surface area contributed by atoms with E-state index in [1.165, 1.54) is 0 Å². The fraction of sp³-hybridized carbons (Fsp3) is 1.00. The molecule has 0 aliphatic carbocycles. The smallest absolute Gasteiger partial charge is 0.0735 e. The standard InChI is InChI=1S/C4H11NO2S2/c8-6-3-1-5-2-4-7-9/h5,8-9H,1-4H2. The Kier molecular flexibility index (Phi) is 9.13. The van der Waals surface area contributed by atoms with Crippen molar-refractivity contribution in [1.82, 2.24) is 5.32 Å². The SMILES string of the molecule is SOCCNCCOS. The second-order valence-corrected chi connectivity index (χ2v) is 1.93. The van der Waals surface area contributed by atoms with E-state index in [0.717, 1.165) is 13.1 Å². The molecule has 0 bridgehead atoms. The molecule has 0 fully saturated rings. The van der Waals surface area contributed by atoms with Gasteiger partial charge in [0.05, 0.1) is 13.2 Å². The molecule has 0 aromatic rings. The molecular weight excluding hydrogens is 158 g/mol. The van der Waals surface area contributed by atoms with Crippen molar-refractivity contribution in [2.45, 2.75) is 0 Å². The highest BCUT2D eigenvalue weighted by Crippen LogP contribution is 1.76. The first-order chi connectivity index (χ1) is 4.41. The Balaban J connectivity index is 2.60. The van der Waals surface area contributed by atoms with Crippen LogP contribution < -0.4 is 5.32 Å². The van der Waals surface area contributed by atoms with Crippen LogP contribution in [0.25, 0.3) is 0 Å². The van der Waals surface area contributed by atoms with Gasteiger partial charge >= 0.3 is 0 Å². The van der Waals surface area contributed by atoms with Crippen LogP contribution in [-0.2, 0) is 8.37 Å². The third kappa shape index (κ3) is 8.58. The van der Waals surface area contributed by atoms with E-state index in [-0.39, 0.29) is 0 Å². The van der Waals surface area contributed by atoms with Gasteiger partial charge in [0.1, 0.15) is 0 Å². The number of hydrogen-bond acceptors (Lipinski definition) is 5. The molecule has 1 N–H and O–H groups in total. The third-order valence-electron chi connectivity index (χ3n) is 0.740. The minimum Gasteiger partial charge on any atom is -0.317 e. The van der Waals surface area contributed by atoms with E-state index in [1.807, 2.05) is 0 Å². The first-order valence-corrected chi connectivity index (χ1v) is 3.38. The number of rotatable bonds is 6. The van der Waals surface area contributed by atoms with Gasteiger partial charge in [-0.05, 0) is 25.8 Å². The molecule has 0 rings (SSSR count). The second-order valence-electron chi connectivity index (χ2n) is 1.42. The lowest BCUT2D eigenvalue weighted by atomic mass is 10.6. The summed E-state index contributed by atoms with van der Waals surface area (Å²) in [5.41, 5.74) is 0. The predicted octanol–water partition coefficient (Wildman–Crippen LogP) is 0.299. The lowest BCUT2D eigenvalue weighted by molar-refractivity contribution is 0.343. The minimum atomic E-state index is 0.607. The lowest BCUT2D eigenvalue weighted by Crippen LogP contribution is -2.22. The van der Waals surface area contributed by atoms with Crippen LogP contribution in [0, 0.1) is 0 Å². The van der Waals surface area contributed by atoms with Gasteiger partial charge in [0.25, 0.3) is 0 Å². The molecule has 0 saturated carbocycles. The summed E-state index contributed by atoms with van der Waals surface area (Å²) in [6.45, 7) is 2.80. The summed E-state index contributed by atoms with van der Waals surface area (Å²) in [6, 6.07) is 0. The van der Waals surface area contributed by atoms with Gasteiger partial charge in [-0.2, -0.15) is 0 Å². The normalized spacial score (nSPS) is 10.0. The summed E-state index contributed by atoms with van der Waals surface area (Å²) in [4.78, 5) is 0. The van der Waals surface area contributed by atoms with Crippen LogP contribution in [0.5, 0.6) is 0 Å². The molecule has 0 unspecified atom stereocenters. The van der Waals surface area contributed by atoms with Crippen LogP contribution in [0.2, 0.25) is 0 Å². The Hall–Kier alpha value is 0.580. The van der Waals surface area contributed by atoms with Gasteiger partial charge in [0.2, 0.25) is 0 Å². The zero-order valence-corrected chi connectivity index (χ0v) is 6.83. The molecule has 0 aromatic heterocycles. The summed E-state index contributed by atoms with van der Waals surface area (Å²) >= 11 is 7.12. The van der Waals surface area contributed by atoms with Crippen molar-refractivity contribution < 1.29 is 8.37 Å². The van der Waals surface area contributed by atoms with Crippen LogP contribution >= 0.6 is 25.8 Å². The van der Waals surface area contributed by atoms with Gasteiger partial charge in [-0.1, -0.05) is 0 Å². The monoisotopic (exact) mass is 169 g/mol. The maximum atomic E-state index is 4.49. The van der Waals surface area contributed by atoms with Crippen molar-refractivity contribution in [3.8, 4) is 0 Å². The van der Waals surface area contributed by atoms with E-state index in [1.54, 1.807) is 0 Å². The molecule has 5 heteroatoms. The third-order valence-corrected chi connectivity index (χ3v) is 1.11. The van der Waals surface area contributed by atoms with Gasteiger partial charge in [-0.3, -0.25) is 0 Å². The minimum absolute atomic E-state index is 0.607. The molecule has 56 valence electrons. The van der Waals surface area contributed by atoms with E-state index < -0.39 is 0 Å². The predicted molar refractivity (Wildman–Crippen MR) is 42.7 cm³/mol. The summed E-state index contributed by atoms with van der Waals surface area (Å²) in [5, 5.41) is 3.04. The molecule has 0 spiro atoms. The summed E-state index contributed by atoms with van der Waals surface area (Å²) in [7, 11) is 0. The number of hydrogen-bond donors (Lipinski definition) is 3. The van der Waals surface area contributed by atoms with Crippen molar-refractivity contribution in [3.05, 3.63) is 0 Å².